The van der Waals surface area contributed by atoms with Crippen molar-refractivity contribution in [1.82, 2.24) is 19.8 Å². The molecule has 9 nitrogen and oxygen atoms in total. The number of ether oxygens (including phenoxy) is 1. The molecule has 0 unspecified atom stereocenters. The number of aromatic nitrogens is 2. The van der Waals surface area contributed by atoms with Crippen LogP contribution in [-0.4, -0.2) is 34.1 Å². The first-order valence-electron chi connectivity index (χ1n) is 11.9. The van der Waals surface area contributed by atoms with E-state index < -0.39 is 11.2 Å². The first-order chi connectivity index (χ1) is 17.0. The summed E-state index contributed by atoms with van der Waals surface area (Å²) in [5, 5.41) is 6.11. The predicted octanol–water partition coefficient (Wildman–Crippen LogP) is 1.94. The van der Waals surface area contributed by atoms with Crippen LogP contribution >= 0.6 is 0 Å². The minimum atomic E-state index is -0.604. The van der Waals surface area contributed by atoms with Crippen LogP contribution in [0.1, 0.15) is 37.7 Å². The van der Waals surface area contributed by atoms with Crippen LogP contribution in [0.2, 0.25) is 0 Å². The van der Waals surface area contributed by atoms with Gasteiger partial charge in [0.05, 0.1) is 18.0 Å². The van der Waals surface area contributed by atoms with Crippen molar-refractivity contribution in [1.29, 1.82) is 0 Å². The van der Waals surface area contributed by atoms with E-state index in [2.05, 4.69) is 10.6 Å². The third kappa shape index (κ3) is 5.62. The Kier molecular flexibility index (Phi) is 7.64. The quantitative estimate of drug-likeness (QED) is 0.488. The molecule has 0 radical (unpaired) electrons. The lowest BCUT2D eigenvalue weighted by Gasteiger charge is -2.16. The summed E-state index contributed by atoms with van der Waals surface area (Å²) >= 11 is 0. The Bertz CT molecular complexity index is 1340. The van der Waals surface area contributed by atoms with Gasteiger partial charge < -0.3 is 15.4 Å². The summed E-state index contributed by atoms with van der Waals surface area (Å²) in [6.07, 6.45) is 3.97. The van der Waals surface area contributed by atoms with Gasteiger partial charge in [0, 0.05) is 31.1 Å². The molecule has 0 saturated heterocycles. The van der Waals surface area contributed by atoms with Crippen LogP contribution in [0, 0.1) is 0 Å². The summed E-state index contributed by atoms with van der Waals surface area (Å²) in [6, 6.07) is 14.2. The molecule has 1 aliphatic rings. The minimum Gasteiger partial charge on any atom is -0.496 e. The van der Waals surface area contributed by atoms with Gasteiger partial charge in [-0.15, -0.1) is 0 Å². The second kappa shape index (κ2) is 11.0. The molecule has 35 heavy (non-hydrogen) atoms. The second-order valence-electron chi connectivity index (χ2n) is 8.73. The van der Waals surface area contributed by atoms with Crippen molar-refractivity contribution < 1.29 is 14.3 Å². The second-order valence-corrected chi connectivity index (χ2v) is 8.73. The molecule has 0 aliphatic heterocycles. The van der Waals surface area contributed by atoms with E-state index in [9.17, 15) is 19.2 Å². The molecule has 0 bridgehead atoms. The van der Waals surface area contributed by atoms with Gasteiger partial charge in [-0.05, 0) is 31.0 Å². The molecule has 3 aromatic rings. The number of amides is 2. The number of rotatable bonds is 9. The Hall–Kier alpha value is -3.88. The third-order valence-corrected chi connectivity index (χ3v) is 6.39. The predicted molar refractivity (Wildman–Crippen MR) is 132 cm³/mol. The van der Waals surface area contributed by atoms with Crippen LogP contribution in [0.5, 0.6) is 5.75 Å². The Morgan fingerprint density at radius 1 is 0.971 bits per heavy atom. The van der Waals surface area contributed by atoms with Gasteiger partial charge in [-0.2, -0.15) is 0 Å². The smallest absolute Gasteiger partial charge is 0.331 e. The number of para-hydroxylation sites is 2. The topological polar surface area (TPSA) is 111 Å². The minimum absolute atomic E-state index is 0.0586. The molecule has 1 aromatic heterocycles. The van der Waals surface area contributed by atoms with Gasteiger partial charge in [0.2, 0.25) is 11.8 Å². The summed E-state index contributed by atoms with van der Waals surface area (Å²) in [5.74, 6) is 0.0992. The van der Waals surface area contributed by atoms with E-state index in [1.165, 1.54) is 4.57 Å². The van der Waals surface area contributed by atoms with E-state index in [0.29, 0.717) is 16.7 Å². The standard InChI is InChI=1S/C26H30N4O5/c1-35-22-13-7-2-8-18(22)16-27-23(31)14-15-29-25(33)20-11-5-6-12-21(20)30(26(29)34)17-24(32)28-19-9-3-4-10-19/h2,5-8,11-13,19H,3-4,9-10,14-17H2,1H3,(H,27,31)(H,28,32). The molecule has 2 amide bonds. The number of hydrogen-bond donors (Lipinski definition) is 2. The highest BCUT2D eigenvalue weighted by Gasteiger charge is 2.20. The molecule has 0 atom stereocenters. The van der Waals surface area contributed by atoms with Gasteiger partial charge in [-0.1, -0.05) is 43.2 Å². The number of nitrogens with zero attached hydrogens (tertiary/aromatic N) is 2. The van der Waals surface area contributed by atoms with Crippen molar-refractivity contribution in [3.05, 3.63) is 74.9 Å². The van der Waals surface area contributed by atoms with Crippen molar-refractivity contribution in [2.24, 2.45) is 0 Å². The molecule has 1 heterocycles. The van der Waals surface area contributed by atoms with E-state index >= 15 is 0 Å². The fourth-order valence-corrected chi connectivity index (χ4v) is 4.55. The van der Waals surface area contributed by atoms with Crippen molar-refractivity contribution in [2.45, 2.75) is 57.8 Å². The Morgan fingerprint density at radius 3 is 2.46 bits per heavy atom. The van der Waals surface area contributed by atoms with Gasteiger partial charge in [0.25, 0.3) is 5.56 Å². The van der Waals surface area contributed by atoms with Crippen molar-refractivity contribution in [3.8, 4) is 5.75 Å². The van der Waals surface area contributed by atoms with E-state index in [-0.39, 0.29) is 43.9 Å². The number of methoxy groups -OCH3 is 1. The van der Waals surface area contributed by atoms with Gasteiger partial charge in [-0.3, -0.25) is 23.5 Å². The van der Waals surface area contributed by atoms with E-state index in [1.807, 2.05) is 18.2 Å². The number of nitrogens with one attached hydrogen (secondary N) is 2. The molecular weight excluding hydrogens is 448 g/mol. The number of carbonyl (C=O) groups is 2. The zero-order chi connectivity index (χ0) is 24.8. The highest BCUT2D eigenvalue weighted by atomic mass is 16.5. The summed E-state index contributed by atoms with van der Waals surface area (Å²) < 4.78 is 7.64. The normalized spacial score (nSPS) is 13.6. The highest BCUT2D eigenvalue weighted by molar-refractivity contribution is 5.82. The fourth-order valence-electron chi connectivity index (χ4n) is 4.55. The van der Waals surface area contributed by atoms with E-state index in [4.69, 9.17) is 4.74 Å². The van der Waals surface area contributed by atoms with Crippen LogP contribution in [0.4, 0.5) is 0 Å². The molecular formula is C26H30N4O5. The van der Waals surface area contributed by atoms with Crippen molar-refractivity contribution >= 4 is 22.7 Å². The van der Waals surface area contributed by atoms with Crippen LogP contribution in [-0.2, 0) is 29.2 Å². The number of hydrogen-bond acceptors (Lipinski definition) is 5. The van der Waals surface area contributed by atoms with Crippen molar-refractivity contribution in [3.63, 3.8) is 0 Å². The van der Waals surface area contributed by atoms with Gasteiger partial charge in [0.1, 0.15) is 12.3 Å². The molecule has 4 rings (SSSR count). The summed E-state index contributed by atoms with van der Waals surface area (Å²) in [6.45, 7) is -0.0122. The van der Waals surface area contributed by atoms with Gasteiger partial charge in [0.15, 0.2) is 0 Å². The number of carbonyl (C=O) groups excluding carboxylic acids is 2. The summed E-state index contributed by atoms with van der Waals surface area (Å²) in [5.41, 5.74) is 0.145. The molecule has 0 spiro atoms. The Labute approximate surface area is 202 Å². The van der Waals surface area contributed by atoms with Crippen LogP contribution in [0.3, 0.4) is 0 Å². The van der Waals surface area contributed by atoms with Crippen LogP contribution in [0.25, 0.3) is 10.9 Å². The molecule has 1 aliphatic carbocycles. The van der Waals surface area contributed by atoms with Crippen molar-refractivity contribution in [2.75, 3.05) is 7.11 Å². The largest absolute Gasteiger partial charge is 0.496 e. The molecule has 1 saturated carbocycles. The maximum atomic E-state index is 13.2. The molecule has 1 fully saturated rings. The third-order valence-electron chi connectivity index (χ3n) is 6.39. The molecule has 2 aromatic carbocycles. The fraction of sp³-hybridized carbons (Fsp3) is 0.385. The summed E-state index contributed by atoms with van der Waals surface area (Å²) in [4.78, 5) is 51.4. The maximum Gasteiger partial charge on any atom is 0.331 e. The first kappa shape index (κ1) is 24.3. The zero-order valence-corrected chi connectivity index (χ0v) is 19.8. The monoisotopic (exact) mass is 478 g/mol. The van der Waals surface area contributed by atoms with Gasteiger partial charge in [-0.25, -0.2) is 4.79 Å². The lowest BCUT2D eigenvalue weighted by atomic mass is 10.2. The first-order valence-corrected chi connectivity index (χ1v) is 11.9. The Balaban J connectivity index is 1.51. The van der Waals surface area contributed by atoms with Crippen LogP contribution in [0.15, 0.2) is 58.1 Å². The SMILES string of the molecule is COc1ccccc1CNC(=O)CCn1c(=O)c2ccccc2n(CC(=O)NC2CCCC2)c1=O. The Morgan fingerprint density at radius 2 is 1.69 bits per heavy atom. The molecule has 184 valence electrons. The van der Waals surface area contributed by atoms with Gasteiger partial charge >= 0.3 is 5.69 Å². The van der Waals surface area contributed by atoms with E-state index in [1.54, 1.807) is 37.4 Å². The molecule has 9 heteroatoms. The maximum absolute atomic E-state index is 13.2. The average Bonchev–Trinajstić information content (AvgIpc) is 3.38. The summed E-state index contributed by atoms with van der Waals surface area (Å²) in [7, 11) is 1.56. The zero-order valence-electron chi connectivity index (χ0n) is 19.8. The lowest BCUT2D eigenvalue weighted by Crippen LogP contribution is -2.44. The number of fused-ring (bicyclic) bond motifs is 1. The highest BCUT2D eigenvalue weighted by Crippen LogP contribution is 2.18. The van der Waals surface area contributed by atoms with E-state index in [0.717, 1.165) is 35.8 Å². The average molecular weight is 479 g/mol. The lowest BCUT2D eigenvalue weighted by molar-refractivity contribution is -0.123. The number of benzene rings is 2. The van der Waals surface area contributed by atoms with Crippen LogP contribution < -0.4 is 26.6 Å². The molecule has 2 N–H and O–H groups in total.